The fraction of sp³-hybridized carbons (Fsp3) is 0.0588. The molecular formula is C17H11ClF2N2O2S. The van der Waals surface area contributed by atoms with Gasteiger partial charge in [-0.25, -0.2) is 4.98 Å². The Morgan fingerprint density at radius 3 is 2.76 bits per heavy atom. The fourth-order valence-electron chi connectivity index (χ4n) is 2.11. The van der Waals surface area contributed by atoms with Crippen LogP contribution < -0.4 is 10.1 Å². The molecule has 128 valence electrons. The second kappa shape index (κ2) is 7.58. The smallest absolute Gasteiger partial charge is 0.387 e. The number of nitrogens with one attached hydrogen (secondary N) is 1. The van der Waals surface area contributed by atoms with Crippen molar-refractivity contribution < 1.29 is 18.3 Å². The van der Waals surface area contributed by atoms with Crippen LogP contribution in [0.5, 0.6) is 5.75 Å². The molecule has 3 aromatic rings. The lowest BCUT2D eigenvalue weighted by Crippen LogP contribution is -2.12. The van der Waals surface area contributed by atoms with Crippen LogP contribution in [-0.4, -0.2) is 17.5 Å². The van der Waals surface area contributed by atoms with Crippen molar-refractivity contribution in [1.29, 1.82) is 0 Å². The second-order valence-corrected chi connectivity index (χ2v) is 6.14. The van der Waals surface area contributed by atoms with Crippen molar-refractivity contribution in [2.75, 3.05) is 5.32 Å². The molecule has 0 saturated carbocycles. The number of benzene rings is 2. The standard InChI is InChI=1S/C17H11ClF2N2O2S/c18-13-7-2-1-6-12(13)14-9-25-17(21-14)22-15(23)10-4-3-5-11(8-10)24-16(19)20/h1-9,16H,(H,21,22,23). The molecule has 1 N–H and O–H groups in total. The quantitative estimate of drug-likeness (QED) is 0.652. The molecule has 0 unspecified atom stereocenters. The molecular weight excluding hydrogens is 370 g/mol. The highest BCUT2D eigenvalue weighted by molar-refractivity contribution is 7.14. The predicted molar refractivity (Wildman–Crippen MR) is 93.6 cm³/mol. The van der Waals surface area contributed by atoms with Crippen molar-refractivity contribution in [3.05, 3.63) is 64.5 Å². The number of hydrogen-bond acceptors (Lipinski definition) is 4. The molecule has 0 atom stereocenters. The molecule has 0 aliphatic heterocycles. The molecule has 0 aliphatic carbocycles. The summed E-state index contributed by atoms with van der Waals surface area (Å²) in [4.78, 5) is 16.6. The Hall–Kier alpha value is -2.51. The third kappa shape index (κ3) is 4.32. The lowest BCUT2D eigenvalue weighted by Gasteiger charge is -2.06. The van der Waals surface area contributed by atoms with Gasteiger partial charge in [0.15, 0.2) is 5.13 Å². The van der Waals surface area contributed by atoms with E-state index in [1.807, 2.05) is 18.2 Å². The van der Waals surface area contributed by atoms with E-state index in [0.29, 0.717) is 15.8 Å². The Bertz CT molecular complexity index is 902. The highest BCUT2D eigenvalue weighted by Gasteiger charge is 2.13. The third-order valence-corrected chi connectivity index (χ3v) is 4.28. The van der Waals surface area contributed by atoms with Crippen LogP contribution in [0.2, 0.25) is 5.02 Å². The van der Waals surface area contributed by atoms with E-state index in [4.69, 9.17) is 11.6 Å². The summed E-state index contributed by atoms with van der Waals surface area (Å²) in [5.74, 6) is -0.557. The van der Waals surface area contributed by atoms with Crippen molar-refractivity contribution in [2.24, 2.45) is 0 Å². The van der Waals surface area contributed by atoms with Crippen LogP contribution in [0, 0.1) is 0 Å². The van der Waals surface area contributed by atoms with Gasteiger partial charge in [0.1, 0.15) is 5.75 Å². The Morgan fingerprint density at radius 1 is 1.20 bits per heavy atom. The van der Waals surface area contributed by atoms with Gasteiger partial charge >= 0.3 is 6.61 Å². The van der Waals surface area contributed by atoms with E-state index in [1.54, 1.807) is 11.4 Å². The molecule has 1 amide bonds. The van der Waals surface area contributed by atoms with E-state index >= 15 is 0 Å². The summed E-state index contributed by atoms with van der Waals surface area (Å²) < 4.78 is 28.8. The highest BCUT2D eigenvalue weighted by atomic mass is 35.5. The molecule has 1 heterocycles. The third-order valence-electron chi connectivity index (χ3n) is 3.20. The molecule has 3 rings (SSSR count). The maximum Gasteiger partial charge on any atom is 0.387 e. The first-order chi connectivity index (χ1) is 12.0. The summed E-state index contributed by atoms with van der Waals surface area (Å²) in [7, 11) is 0. The average molecular weight is 381 g/mol. The summed E-state index contributed by atoms with van der Waals surface area (Å²) in [6, 6.07) is 12.8. The number of halogens is 3. The first-order valence-electron chi connectivity index (χ1n) is 7.09. The Labute approximate surface area is 151 Å². The number of ether oxygens (including phenoxy) is 1. The number of hydrogen-bond donors (Lipinski definition) is 1. The molecule has 1 aromatic heterocycles. The van der Waals surface area contributed by atoms with Gasteiger partial charge in [-0.05, 0) is 24.3 Å². The zero-order valence-corrected chi connectivity index (χ0v) is 14.2. The van der Waals surface area contributed by atoms with Crippen LogP contribution in [0.4, 0.5) is 13.9 Å². The summed E-state index contributed by atoms with van der Waals surface area (Å²) in [5.41, 5.74) is 1.58. The van der Waals surface area contributed by atoms with E-state index < -0.39 is 12.5 Å². The molecule has 2 aromatic carbocycles. The zero-order chi connectivity index (χ0) is 17.8. The number of thiazole rings is 1. The van der Waals surface area contributed by atoms with Crippen molar-refractivity contribution in [3.8, 4) is 17.0 Å². The van der Waals surface area contributed by atoms with Gasteiger partial charge in [-0.15, -0.1) is 11.3 Å². The molecule has 25 heavy (non-hydrogen) atoms. The van der Waals surface area contributed by atoms with Gasteiger partial charge < -0.3 is 4.74 Å². The molecule has 4 nitrogen and oxygen atoms in total. The lowest BCUT2D eigenvalue weighted by molar-refractivity contribution is -0.0498. The largest absolute Gasteiger partial charge is 0.435 e. The van der Waals surface area contributed by atoms with Crippen LogP contribution >= 0.6 is 22.9 Å². The minimum atomic E-state index is -2.95. The Balaban J connectivity index is 1.75. The van der Waals surface area contributed by atoms with Crippen LogP contribution in [0.3, 0.4) is 0 Å². The molecule has 0 bridgehead atoms. The minimum Gasteiger partial charge on any atom is -0.435 e. The van der Waals surface area contributed by atoms with E-state index in [9.17, 15) is 13.6 Å². The highest BCUT2D eigenvalue weighted by Crippen LogP contribution is 2.30. The lowest BCUT2D eigenvalue weighted by atomic mass is 10.2. The van der Waals surface area contributed by atoms with Crippen LogP contribution in [0.25, 0.3) is 11.3 Å². The normalized spacial score (nSPS) is 10.7. The predicted octanol–water partition coefficient (Wildman–Crippen LogP) is 5.32. The molecule has 0 fully saturated rings. The maximum atomic E-state index is 12.3. The summed E-state index contributed by atoms with van der Waals surface area (Å²) in [5, 5.41) is 5.33. The maximum absolute atomic E-state index is 12.3. The van der Waals surface area contributed by atoms with Crippen LogP contribution in [0.1, 0.15) is 10.4 Å². The van der Waals surface area contributed by atoms with Gasteiger partial charge in [0.05, 0.1) is 5.69 Å². The van der Waals surface area contributed by atoms with Gasteiger partial charge in [-0.2, -0.15) is 8.78 Å². The van der Waals surface area contributed by atoms with E-state index in [1.165, 1.54) is 35.6 Å². The molecule has 0 aliphatic rings. The second-order valence-electron chi connectivity index (χ2n) is 4.88. The Morgan fingerprint density at radius 2 is 2.00 bits per heavy atom. The number of amides is 1. The fourth-order valence-corrected chi connectivity index (χ4v) is 3.04. The minimum absolute atomic E-state index is 0.0847. The topological polar surface area (TPSA) is 51.2 Å². The van der Waals surface area contributed by atoms with Crippen LogP contribution in [0.15, 0.2) is 53.9 Å². The number of rotatable bonds is 5. The van der Waals surface area contributed by atoms with E-state index in [0.717, 1.165) is 5.56 Å². The number of aromatic nitrogens is 1. The monoisotopic (exact) mass is 380 g/mol. The Kier molecular flexibility index (Phi) is 5.25. The number of alkyl halides is 2. The summed E-state index contributed by atoms with van der Waals surface area (Å²) in [6.07, 6.45) is 0. The first-order valence-corrected chi connectivity index (χ1v) is 8.35. The SMILES string of the molecule is O=C(Nc1nc(-c2ccccc2Cl)cs1)c1cccc(OC(F)F)c1. The van der Waals surface area contributed by atoms with E-state index in [2.05, 4.69) is 15.0 Å². The molecule has 8 heteroatoms. The van der Waals surface area contributed by atoms with Gasteiger partial charge in [0, 0.05) is 21.5 Å². The summed E-state index contributed by atoms with van der Waals surface area (Å²) >= 11 is 7.37. The van der Waals surface area contributed by atoms with Gasteiger partial charge in [0.25, 0.3) is 5.91 Å². The van der Waals surface area contributed by atoms with Crippen molar-refractivity contribution >= 4 is 34.0 Å². The summed E-state index contributed by atoms with van der Waals surface area (Å²) in [6.45, 7) is -2.95. The molecule has 0 spiro atoms. The van der Waals surface area contributed by atoms with Crippen molar-refractivity contribution in [3.63, 3.8) is 0 Å². The van der Waals surface area contributed by atoms with Gasteiger partial charge in [0.2, 0.25) is 0 Å². The average Bonchev–Trinajstić information content (AvgIpc) is 3.03. The van der Waals surface area contributed by atoms with Crippen molar-refractivity contribution in [1.82, 2.24) is 4.98 Å². The van der Waals surface area contributed by atoms with Crippen LogP contribution in [-0.2, 0) is 0 Å². The number of anilines is 1. The zero-order valence-electron chi connectivity index (χ0n) is 12.6. The number of carbonyl (C=O) groups is 1. The van der Waals surface area contributed by atoms with Gasteiger partial charge in [-0.1, -0.05) is 35.9 Å². The first kappa shape index (κ1) is 17.3. The van der Waals surface area contributed by atoms with Gasteiger partial charge in [-0.3, -0.25) is 10.1 Å². The van der Waals surface area contributed by atoms with E-state index in [-0.39, 0.29) is 11.3 Å². The molecule has 0 saturated heterocycles. The van der Waals surface area contributed by atoms with Crippen molar-refractivity contribution in [2.45, 2.75) is 6.61 Å². The molecule has 0 radical (unpaired) electrons. The number of carbonyl (C=O) groups excluding carboxylic acids is 1. The number of nitrogens with zero attached hydrogens (tertiary/aromatic N) is 1.